The number of benzene rings is 1. The number of halogens is 2. The molecule has 0 unspecified atom stereocenters. The van der Waals surface area contributed by atoms with Crippen LogP contribution in [-0.4, -0.2) is 22.3 Å². The average Bonchev–Trinajstić information content (AvgIpc) is 3.24. The number of aryl methyl sites for hydroxylation is 2. The van der Waals surface area contributed by atoms with Crippen LogP contribution in [0.2, 0.25) is 0 Å². The van der Waals surface area contributed by atoms with Crippen LogP contribution in [0, 0.1) is 11.6 Å². The summed E-state index contributed by atoms with van der Waals surface area (Å²) in [4.78, 5) is 24.7. The molecule has 1 aliphatic rings. The van der Waals surface area contributed by atoms with E-state index in [9.17, 15) is 13.6 Å². The molecule has 0 saturated carbocycles. The number of thiophene rings is 1. The second kappa shape index (κ2) is 8.78. The van der Waals surface area contributed by atoms with Crippen molar-refractivity contribution in [3.8, 4) is 0 Å². The molecule has 0 spiro atoms. The lowest BCUT2D eigenvalue weighted by Crippen LogP contribution is -2.31. The standard InChI is InChI=1S/C22H21F2N3OS/c23-16-8-9-18(24)15(12-16)14-27-10-2-6-19-22(27)26-20(13-25-19)21(28)7-1-4-17-5-3-11-29-17/h3,5,8-9,11-13H,1-2,4,6-7,10,14H2. The highest BCUT2D eigenvalue weighted by Gasteiger charge is 2.23. The fourth-order valence-electron chi connectivity index (χ4n) is 3.54. The summed E-state index contributed by atoms with van der Waals surface area (Å²) in [6.45, 7) is 0.856. The van der Waals surface area contributed by atoms with Crippen molar-refractivity contribution in [1.29, 1.82) is 0 Å². The van der Waals surface area contributed by atoms with Gasteiger partial charge in [0, 0.05) is 30.0 Å². The molecule has 0 saturated heterocycles. The van der Waals surface area contributed by atoms with Crippen LogP contribution in [0.15, 0.2) is 41.9 Å². The van der Waals surface area contributed by atoms with Crippen molar-refractivity contribution in [3.05, 3.63) is 75.4 Å². The molecule has 4 nitrogen and oxygen atoms in total. The van der Waals surface area contributed by atoms with E-state index in [1.165, 1.54) is 10.9 Å². The molecule has 1 aromatic carbocycles. The number of Topliss-reactive ketones (excluding diaryl/α,β-unsaturated/α-hetero) is 1. The fraction of sp³-hybridized carbons (Fsp3) is 0.318. The van der Waals surface area contributed by atoms with E-state index in [0.29, 0.717) is 24.5 Å². The van der Waals surface area contributed by atoms with Gasteiger partial charge in [-0.05, 0) is 55.3 Å². The van der Waals surface area contributed by atoms with Gasteiger partial charge >= 0.3 is 0 Å². The first-order chi connectivity index (χ1) is 14.1. The third-order valence-corrected chi connectivity index (χ3v) is 5.97. The van der Waals surface area contributed by atoms with E-state index in [0.717, 1.165) is 43.5 Å². The van der Waals surface area contributed by atoms with Crippen LogP contribution < -0.4 is 4.90 Å². The zero-order valence-corrected chi connectivity index (χ0v) is 16.7. The maximum absolute atomic E-state index is 14.1. The molecule has 0 bridgehead atoms. The van der Waals surface area contributed by atoms with Crippen molar-refractivity contribution in [1.82, 2.24) is 9.97 Å². The van der Waals surface area contributed by atoms with Gasteiger partial charge in [-0.1, -0.05) is 6.07 Å². The summed E-state index contributed by atoms with van der Waals surface area (Å²) in [6.07, 6.45) is 5.19. The summed E-state index contributed by atoms with van der Waals surface area (Å²) in [5, 5.41) is 2.03. The van der Waals surface area contributed by atoms with E-state index in [4.69, 9.17) is 0 Å². The first kappa shape index (κ1) is 19.6. The van der Waals surface area contributed by atoms with Gasteiger partial charge in [0.2, 0.25) is 0 Å². The predicted octanol–water partition coefficient (Wildman–Crippen LogP) is 4.97. The molecule has 7 heteroatoms. The summed E-state index contributed by atoms with van der Waals surface area (Å²) in [7, 11) is 0. The molecular weight excluding hydrogens is 392 g/mol. The summed E-state index contributed by atoms with van der Waals surface area (Å²) in [5.74, 6) is -0.366. The highest BCUT2D eigenvalue weighted by molar-refractivity contribution is 7.09. The van der Waals surface area contributed by atoms with Gasteiger partial charge in [0.05, 0.1) is 11.9 Å². The van der Waals surface area contributed by atoms with Gasteiger partial charge in [-0.25, -0.2) is 13.8 Å². The topological polar surface area (TPSA) is 46.1 Å². The number of hydrogen-bond acceptors (Lipinski definition) is 5. The molecule has 0 aliphatic carbocycles. The molecule has 0 radical (unpaired) electrons. The maximum atomic E-state index is 14.1. The van der Waals surface area contributed by atoms with E-state index in [1.54, 1.807) is 17.5 Å². The second-order valence-electron chi connectivity index (χ2n) is 7.14. The largest absolute Gasteiger partial charge is 0.351 e. The Balaban J connectivity index is 1.49. The number of hydrogen-bond donors (Lipinski definition) is 0. The molecule has 0 N–H and O–H groups in total. The smallest absolute Gasteiger partial charge is 0.182 e. The van der Waals surface area contributed by atoms with Crippen molar-refractivity contribution in [2.45, 2.75) is 38.6 Å². The minimum atomic E-state index is -0.473. The second-order valence-corrected chi connectivity index (χ2v) is 8.17. The van der Waals surface area contributed by atoms with Crippen molar-refractivity contribution >= 4 is 22.9 Å². The number of fused-ring (bicyclic) bond motifs is 1. The third-order valence-electron chi connectivity index (χ3n) is 5.03. The zero-order valence-electron chi connectivity index (χ0n) is 15.9. The Bertz CT molecular complexity index is 1010. The zero-order chi connectivity index (χ0) is 20.2. The normalized spacial score (nSPS) is 13.4. The van der Waals surface area contributed by atoms with Gasteiger partial charge in [-0.3, -0.25) is 9.78 Å². The van der Waals surface area contributed by atoms with Crippen LogP contribution in [0.3, 0.4) is 0 Å². The molecule has 1 aliphatic heterocycles. The van der Waals surface area contributed by atoms with E-state index in [-0.39, 0.29) is 17.9 Å². The van der Waals surface area contributed by atoms with Crippen LogP contribution in [0.1, 0.15) is 45.9 Å². The quantitative estimate of drug-likeness (QED) is 0.513. The molecule has 4 rings (SSSR count). The molecule has 2 aromatic heterocycles. The number of ketones is 1. The fourth-order valence-corrected chi connectivity index (χ4v) is 4.29. The Morgan fingerprint density at radius 1 is 1.24 bits per heavy atom. The SMILES string of the molecule is O=C(CCCc1cccs1)c1cnc2c(n1)N(Cc1cc(F)ccc1F)CCC2. The molecule has 3 heterocycles. The van der Waals surface area contributed by atoms with Gasteiger partial charge in [0.15, 0.2) is 11.6 Å². The predicted molar refractivity (Wildman–Crippen MR) is 109 cm³/mol. The lowest BCUT2D eigenvalue weighted by atomic mass is 10.1. The van der Waals surface area contributed by atoms with E-state index < -0.39 is 11.6 Å². The van der Waals surface area contributed by atoms with Crippen LogP contribution >= 0.6 is 11.3 Å². The Morgan fingerprint density at radius 3 is 2.97 bits per heavy atom. The molecule has 0 fully saturated rings. The molecular formula is C22H21F2N3OS. The summed E-state index contributed by atoms with van der Waals surface area (Å²) in [5.41, 5.74) is 1.40. The molecule has 150 valence electrons. The molecule has 0 atom stereocenters. The number of aromatic nitrogens is 2. The number of carbonyl (C=O) groups is 1. The molecule has 29 heavy (non-hydrogen) atoms. The van der Waals surface area contributed by atoms with Gasteiger partial charge in [-0.2, -0.15) is 0 Å². The van der Waals surface area contributed by atoms with Gasteiger partial charge in [0.1, 0.15) is 17.3 Å². The monoisotopic (exact) mass is 413 g/mol. The number of anilines is 1. The molecule has 3 aromatic rings. The Morgan fingerprint density at radius 2 is 2.14 bits per heavy atom. The highest BCUT2D eigenvalue weighted by atomic mass is 32.1. The summed E-state index contributed by atoms with van der Waals surface area (Å²) >= 11 is 1.69. The lowest BCUT2D eigenvalue weighted by molar-refractivity contribution is 0.0975. The highest BCUT2D eigenvalue weighted by Crippen LogP contribution is 2.26. The summed E-state index contributed by atoms with van der Waals surface area (Å²) < 4.78 is 27.6. The van der Waals surface area contributed by atoms with Crippen molar-refractivity contribution in [3.63, 3.8) is 0 Å². The van der Waals surface area contributed by atoms with Crippen LogP contribution in [0.5, 0.6) is 0 Å². The molecule has 0 amide bonds. The minimum Gasteiger partial charge on any atom is -0.351 e. The van der Waals surface area contributed by atoms with Crippen molar-refractivity contribution in [2.24, 2.45) is 0 Å². The van der Waals surface area contributed by atoms with Crippen molar-refractivity contribution < 1.29 is 13.6 Å². The third kappa shape index (κ3) is 4.67. The van der Waals surface area contributed by atoms with Crippen LogP contribution in [0.25, 0.3) is 0 Å². The maximum Gasteiger partial charge on any atom is 0.182 e. The number of carbonyl (C=O) groups excluding carboxylic acids is 1. The van der Waals surface area contributed by atoms with Gasteiger partial charge in [0.25, 0.3) is 0 Å². The minimum absolute atomic E-state index is 0.0423. The number of rotatable bonds is 7. The summed E-state index contributed by atoms with van der Waals surface area (Å²) in [6, 6.07) is 7.52. The van der Waals surface area contributed by atoms with Crippen LogP contribution in [0.4, 0.5) is 14.6 Å². The lowest BCUT2D eigenvalue weighted by Gasteiger charge is -2.29. The van der Waals surface area contributed by atoms with Gasteiger partial charge < -0.3 is 4.90 Å². The Hall–Kier alpha value is -2.67. The Labute approximate surface area is 172 Å². The van der Waals surface area contributed by atoms with Crippen LogP contribution in [-0.2, 0) is 19.4 Å². The van der Waals surface area contributed by atoms with Gasteiger partial charge in [-0.15, -0.1) is 11.3 Å². The number of nitrogens with zero attached hydrogens (tertiary/aromatic N) is 3. The first-order valence-electron chi connectivity index (χ1n) is 9.70. The van der Waals surface area contributed by atoms with E-state index in [1.807, 2.05) is 16.3 Å². The van der Waals surface area contributed by atoms with Crippen molar-refractivity contribution in [2.75, 3.05) is 11.4 Å². The first-order valence-corrected chi connectivity index (χ1v) is 10.6. The van der Waals surface area contributed by atoms with E-state index >= 15 is 0 Å². The average molecular weight is 413 g/mol. The van der Waals surface area contributed by atoms with E-state index in [2.05, 4.69) is 16.0 Å². The Kier molecular flexibility index (Phi) is 5.94.